The minimum Gasteiger partial charge on any atom is -0.324 e. The maximum Gasteiger partial charge on any atom is 0.141 e. The summed E-state index contributed by atoms with van der Waals surface area (Å²) in [6.45, 7) is 4.69. The van der Waals surface area contributed by atoms with Crippen LogP contribution in [0.4, 0.5) is 4.39 Å². The largest absolute Gasteiger partial charge is 0.324 e. The third kappa shape index (κ3) is 3.69. The summed E-state index contributed by atoms with van der Waals surface area (Å²) in [7, 11) is 0. The molecular formula is C22H21FN4S. The van der Waals surface area contributed by atoms with Gasteiger partial charge in [0.25, 0.3) is 0 Å². The molecule has 4 nitrogen and oxygen atoms in total. The molecule has 1 fully saturated rings. The molecule has 1 aliphatic rings. The summed E-state index contributed by atoms with van der Waals surface area (Å²) in [5, 5.41) is 9.02. The van der Waals surface area contributed by atoms with Gasteiger partial charge in [0.1, 0.15) is 11.9 Å². The zero-order valence-corrected chi connectivity index (χ0v) is 16.5. The van der Waals surface area contributed by atoms with E-state index >= 15 is 0 Å². The molecule has 0 unspecified atom stereocenters. The Balaban J connectivity index is 1.79. The molecule has 1 aliphatic heterocycles. The van der Waals surface area contributed by atoms with Crippen molar-refractivity contribution in [2.75, 3.05) is 13.1 Å². The highest BCUT2D eigenvalue weighted by molar-refractivity contribution is 7.09. The lowest BCUT2D eigenvalue weighted by Crippen LogP contribution is -2.38. The first-order valence-corrected chi connectivity index (χ1v) is 9.98. The number of nitriles is 1. The molecular weight excluding hydrogens is 371 g/mol. The van der Waals surface area contributed by atoms with Gasteiger partial charge in [-0.3, -0.25) is 4.90 Å². The second kappa shape index (κ2) is 7.44. The van der Waals surface area contributed by atoms with Gasteiger partial charge in [0.05, 0.1) is 10.4 Å². The molecule has 2 aromatic carbocycles. The first-order chi connectivity index (χ1) is 13.5. The molecule has 1 atom stereocenters. The summed E-state index contributed by atoms with van der Waals surface area (Å²) in [5.74, 6) is -0.501. The average molecular weight is 393 g/mol. The smallest absolute Gasteiger partial charge is 0.141 e. The maximum absolute atomic E-state index is 14.3. The molecule has 0 amide bonds. The first kappa shape index (κ1) is 18.8. The Labute approximate surface area is 168 Å². The molecule has 0 aliphatic carbocycles. The predicted octanol–water partition coefficient (Wildman–Crippen LogP) is 4.41. The molecule has 2 heterocycles. The Kier molecular flexibility index (Phi) is 4.98. The topological polar surface area (TPSA) is 65.9 Å². The standard InChI is InChI=1S/C22H21FN4S/c1-22(25)8-10-27(14-22)13-17-3-2-4-18(21(17)20-7-9-26-28-20)15-5-6-16(12-24)19(23)11-15/h2-7,9,11H,8,10,13-14,25H2,1H3/t22-/m0/s1. The Morgan fingerprint density at radius 3 is 2.82 bits per heavy atom. The third-order valence-corrected chi connectivity index (χ3v) is 5.98. The van der Waals surface area contributed by atoms with E-state index in [-0.39, 0.29) is 11.1 Å². The number of aromatic nitrogens is 1. The van der Waals surface area contributed by atoms with Gasteiger partial charge in [-0.2, -0.15) is 5.26 Å². The highest BCUT2D eigenvalue weighted by Gasteiger charge is 2.30. The number of hydrogen-bond donors (Lipinski definition) is 1. The van der Waals surface area contributed by atoms with Gasteiger partial charge >= 0.3 is 0 Å². The van der Waals surface area contributed by atoms with Gasteiger partial charge < -0.3 is 5.73 Å². The van der Waals surface area contributed by atoms with Gasteiger partial charge in [-0.25, -0.2) is 8.76 Å². The number of hydrogen-bond acceptors (Lipinski definition) is 5. The Morgan fingerprint density at radius 1 is 1.32 bits per heavy atom. The van der Waals surface area contributed by atoms with Gasteiger partial charge in [-0.05, 0) is 59.8 Å². The van der Waals surface area contributed by atoms with Gasteiger partial charge in [0, 0.05) is 36.9 Å². The van der Waals surface area contributed by atoms with E-state index in [2.05, 4.69) is 22.3 Å². The van der Waals surface area contributed by atoms with Gasteiger partial charge in [-0.15, -0.1) is 0 Å². The normalized spacial score (nSPS) is 19.6. The van der Waals surface area contributed by atoms with Crippen LogP contribution in [0, 0.1) is 17.1 Å². The van der Waals surface area contributed by atoms with Gasteiger partial charge in [0.2, 0.25) is 0 Å². The van der Waals surface area contributed by atoms with Crippen LogP contribution < -0.4 is 5.73 Å². The second-order valence-electron chi connectivity index (χ2n) is 7.64. The number of rotatable bonds is 4. The average Bonchev–Trinajstić information content (AvgIpc) is 3.31. The van der Waals surface area contributed by atoms with E-state index in [0.717, 1.165) is 47.6 Å². The molecule has 0 saturated carbocycles. The molecule has 28 heavy (non-hydrogen) atoms. The van der Waals surface area contributed by atoms with Crippen molar-refractivity contribution in [3.8, 4) is 27.6 Å². The summed E-state index contributed by atoms with van der Waals surface area (Å²) in [4.78, 5) is 3.41. The number of likely N-dealkylation sites (tertiary alicyclic amines) is 1. The molecule has 142 valence electrons. The van der Waals surface area contributed by atoms with Crippen molar-refractivity contribution in [1.82, 2.24) is 9.27 Å². The predicted molar refractivity (Wildman–Crippen MR) is 110 cm³/mol. The zero-order chi connectivity index (χ0) is 19.7. The minimum absolute atomic E-state index is 0.0542. The lowest BCUT2D eigenvalue weighted by Gasteiger charge is -2.22. The van der Waals surface area contributed by atoms with Gasteiger partial charge in [0.15, 0.2) is 0 Å². The molecule has 3 aromatic rings. The summed E-state index contributed by atoms with van der Waals surface area (Å²) >= 11 is 1.43. The highest BCUT2D eigenvalue weighted by Crippen LogP contribution is 2.38. The van der Waals surface area contributed by atoms with Crippen LogP contribution in [-0.2, 0) is 6.54 Å². The maximum atomic E-state index is 14.3. The van der Waals surface area contributed by atoms with E-state index in [0.29, 0.717) is 0 Å². The van der Waals surface area contributed by atoms with Crippen LogP contribution in [0.3, 0.4) is 0 Å². The van der Waals surface area contributed by atoms with Crippen molar-refractivity contribution in [2.45, 2.75) is 25.4 Å². The van der Waals surface area contributed by atoms with Crippen LogP contribution in [0.5, 0.6) is 0 Å². The first-order valence-electron chi connectivity index (χ1n) is 9.21. The van der Waals surface area contributed by atoms with Crippen molar-refractivity contribution < 1.29 is 4.39 Å². The van der Waals surface area contributed by atoms with E-state index in [9.17, 15) is 4.39 Å². The highest BCUT2D eigenvalue weighted by atomic mass is 32.1. The lowest BCUT2D eigenvalue weighted by atomic mass is 9.93. The van der Waals surface area contributed by atoms with E-state index in [1.54, 1.807) is 12.3 Å². The van der Waals surface area contributed by atoms with Gasteiger partial charge in [-0.1, -0.05) is 24.3 Å². The van der Waals surface area contributed by atoms with Crippen LogP contribution in [0.15, 0.2) is 48.7 Å². The van der Waals surface area contributed by atoms with E-state index in [1.165, 1.54) is 29.2 Å². The van der Waals surface area contributed by atoms with Crippen LogP contribution in [0.1, 0.15) is 24.5 Å². The third-order valence-electron chi connectivity index (χ3n) is 5.21. The summed E-state index contributed by atoms with van der Waals surface area (Å²) in [5.41, 5.74) is 10.1. The van der Waals surface area contributed by atoms with Crippen molar-refractivity contribution in [3.63, 3.8) is 0 Å². The summed E-state index contributed by atoms with van der Waals surface area (Å²) < 4.78 is 18.5. The Bertz CT molecular complexity index is 1040. The minimum atomic E-state index is -0.501. The number of nitrogens with two attached hydrogens (primary N) is 1. The van der Waals surface area contributed by atoms with Crippen molar-refractivity contribution in [1.29, 1.82) is 5.26 Å². The molecule has 2 N–H and O–H groups in total. The SMILES string of the molecule is C[C@]1(N)CCN(Cc2cccc(-c3ccc(C#N)c(F)c3)c2-c2ccns2)C1. The van der Waals surface area contributed by atoms with E-state index in [4.69, 9.17) is 11.0 Å². The fraction of sp³-hybridized carbons (Fsp3) is 0.273. The lowest BCUT2D eigenvalue weighted by molar-refractivity contribution is 0.310. The summed E-state index contributed by atoms with van der Waals surface area (Å²) in [6.07, 6.45) is 2.76. The molecule has 1 saturated heterocycles. The summed E-state index contributed by atoms with van der Waals surface area (Å²) in [6, 6.07) is 14.8. The molecule has 0 spiro atoms. The van der Waals surface area contributed by atoms with E-state index < -0.39 is 5.82 Å². The van der Waals surface area contributed by atoms with Crippen LogP contribution in [-0.4, -0.2) is 27.9 Å². The quantitative estimate of drug-likeness (QED) is 0.714. The molecule has 6 heteroatoms. The Hall–Kier alpha value is -2.59. The monoisotopic (exact) mass is 392 g/mol. The number of benzene rings is 2. The van der Waals surface area contributed by atoms with Crippen LogP contribution in [0.25, 0.3) is 21.6 Å². The van der Waals surface area contributed by atoms with Crippen molar-refractivity contribution in [2.24, 2.45) is 5.73 Å². The number of halogens is 1. The van der Waals surface area contributed by atoms with Crippen molar-refractivity contribution in [3.05, 3.63) is 65.6 Å². The van der Waals surface area contributed by atoms with Crippen LogP contribution >= 0.6 is 11.5 Å². The fourth-order valence-electron chi connectivity index (χ4n) is 3.84. The van der Waals surface area contributed by atoms with Crippen molar-refractivity contribution >= 4 is 11.5 Å². The fourth-order valence-corrected chi connectivity index (χ4v) is 4.53. The molecule has 1 aromatic heterocycles. The molecule has 0 radical (unpaired) electrons. The molecule has 4 rings (SSSR count). The zero-order valence-electron chi connectivity index (χ0n) is 15.7. The number of nitrogens with zero attached hydrogens (tertiary/aromatic N) is 3. The van der Waals surface area contributed by atoms with Crippen LogP contribution in [0.2, 0.25) is 0 Å². The Morgan fingerprint density at radius 2 is 2.18 bits per heavy atom. The molecule has 0 bridgehead atoms. The van der Waals surface area contributed by atoms with E-state index in [1.807, 2.05) is 24.3 Å². The second-order valence-corrected chi connectivity index (χ2v) is 8.47.